The number of nitrogens with zero attached hydrogens (tertiary/aromatic N) is 1. The number of ether oxygens (including phenoxy) is 1. The van der Waals surface area contributed by atoms with E-state index in [-0.39, 0.29) is 0 Å². The first kappa shape index (κ1) is 9.48. The molecular weight excluding hydrogens is 158 g/mol. The van der Waals surface area contributed by atoms with Crippen LogP contribution in [0.2, 0.25) is 0 Å². The van der Waals surface area contributed by atoms with E-state index in [0.29, 0.717) is 13.0 Å². The van der Waals surface area contributed by atoms with Crippen LogP contribution in [0.15, 0.2) is 0 Å². The van der Waals surface area contributed by atoms with E-state index >= 15 is 0 Å². The van der Waals surface area contributed by atoms with Crippen LogP contribution < -0.4 is 0 Å². The Morgan fingerprint density at radius 2 is 2.33 bits per heavy atom. The lowest BCUT2D eigenvalue weighted by molar-refractivity contribution is -0.167. The lowest BCUT2D eigenvalue weighted by atomic mass is 9.93. The van der Waals surface area contributed by atoms with Gasteiger partial charge in [0.2, 0.25) is 0 Å². The van der Waals surface area contributed by atoms with Crippen molar-refractivity contribution in [2.75, 3.05) is 27.2 Å². The Kier molecular flexibility index (Phi) is 2.69. The molecule has 0 aromatic heterocycles. The summed E-state index contributed by atoms with van der Waals surface area (Å²) in [6.07, 6.45) is 1.34. The molecule has 0 radical (unpaired) electrons. The zero-order valence-corrected chi connectivity index (χ0v) is 7.54. The van der Waals surface area contributed by atoms with Crippen LogP contribution in [0.25, 0.3) is 0 Å². The zero-order valence-electron chi connectivity index (χ0n) is 7.54. The van der Waals surface area contributed by atoms with Crippen LogP contribution in [0.1, 0.15) is 12.8 Å². The van der Waals surface area contributed by atoms with Crippen molar-refractivity contribution in [1.29, 1.82) is 0 Å². The fourth-order valence-electron chi connectivity index (χ4n) is 1.60. The SMILES string of the molecule is COC(=O)C1(O)CCCN(C)C1. The highest BCUT2D eigenvalue weighted by molar-refractivity contribution is 5.79. The topological polar surface area (TPSA) is 49.8 Å². The molecule has 0 aromatic rings. The number of rotatable bonds is 1. The van der Waals surface area contributed by atoms with E-state index in [9.17, 15) is 9.90 Å². The summed E-state index contributed by atoms with van der Waals surface area (Å²) in [5.41, 5.74) is -1.28. The van der Waals surface area contributed by atoms with E-state index in [2.05, 4.69) is 4.74 Å². The quantitative estimate of drug-likeness (QED) is 0.549. The van der Waals surface area contributed by atoms with E-state index < -0.39 is 11.6 Å². The van der Waals surface area contributed by atoms with Gasteiger partial charge in [-0.1, -0.05) is 0 Å². The van der Waals surface area contributed by atoms with Gasteiger partial charge in [-0.3, -0.25) is 0 Å². The van der Waals surface area contributed by atoms with Gasteiger partial charge in [0.25, 0.3) is 0 Å². The molecule has 0 bridgehead atoms. The second kappa shape index (κ2) is 3.41. The maximum absolute atomic E-state index is 11.1. The molecule has 4 heteroatoms. The van der Waals surface area contributed by atoms with E-state index in [1.54, 1.807) is 0 Å². The van der Waals surface area contributed by atoms with Gasteiger partial charge in [0, 0.05) is 6.54 Å². The van der Waals surface area contributed by atoms with Crippen molar-refractivity contribution in [2.24, 2.45) is 0 Å². The maximum atomic E-state index is 11.1. The maximum Gasteiger partial charge on any atom is 0.339 e. The summed E-state index contributed by atoms with van der Waals surface area (Å²) < 4.78 is 4.53. The highest BCUT2D eigenvalue weighted by Crippen LogP contribution is 2.21. The molecular formula is C8H15NO3. The molecule has 0 saturated carbocycles. The van der Waals surface area contributed by atoms with Crippen molar-refractivity contribution in [2.45, 2.75) is 18.4 Å². The van der Waals surface area contributed by atoms with Crippen molar-refractivity contribution in [3.8, 4) is 0 Å². The standard InChI is InChI=1S/C8H15NO3/c1-9-5-3-4-8(11,6-9)7(10)12-2/h11H,3-6H2,1-2H3. The Hall–Kier alpha value is -0.610. The fraction of sp³-hybridized carbons (Fsp3) is 0.875. The number of hydrogen-bond donors (Lipinski definition) is 1. The first-order valence-corrected chi connectivity index (χ1v) is 4.08. The van der Waals surface area contributed by atoms with Gasteiger partial charge < -0.3 is 14.7 Å². The second-order valence-electron chi connectivity index (χ2n) is 3.36. The zero-order chi connectivity index (χ0) is 9.19. The highest BCUT2D eigenvalue weighted by Gasteiger charge is 2.40. The van der Waals surface area contributed by atoms with Gasteiger partial charge >= 0.3 is 5.97 Å². The van der Waals surface area contributed by atoms with Crippen LogP contribution in [-0.4, -0.2) is 48.8 Å². The van der Waals surface area contributed by atoms with Gasteiger partial charge in [0.05, 0.1) is 7.11 Å². The Labute approximate surface area is 72.1 Å². The molecule has 1 aliphatic heterocycles. The number of β-amino-alcohol motifs (C(OH)–C–C–N with tert-alkyl or cyclic N) is 1. The molecule has 70 valence electrons. The monoisotopic (exact) mass is 173 g/mol. The third kappa shape index (κ3) is 1.76. The minimum atomic E-state index is -1.28. The molecule has 12 heavy (non-hydrogen) atoms. The Morgan fingerprint density at radius 3 is 2.83 bits per heavy atom. The number of piperidine rings is 1. The molecule has 0 spiro atoms. The number of likely N-dealkylation sites (N-methyl/N-ethyl adjacent to an activating group) is 1. The largest absolute Gasteiger partial charge is 0.467 e. The predicted molar refractivity (Wildman–Crippen MR) is 43.7 cm³/mol. The van der Waals surface area contributed by atoms with Crippen molar-refractivity contribution in [3.05, 3.63) is 0 Å². The summed E-state index contributed by atoms with van der Waals surface area (Å²) in [7, 11) is 3.18. The molecule has 1 atom stereocenters. The van der Waals surface area contributed by atoms with Crippen LogP contribution in [-0.2, 0) is 9.53 Å². The fourth-order valence-corrected chi connectivity index (χ4v) is 1.60. The van der Waals surface area contributed by atoms with E-state index in [1.807, 2.05) is 11.9 Å². The van der Waals surface area contributed by atoms with Crippen molar-refractivity contribution in [3.63, 3.8) is 0 Å². The van der Waals surface area contributed by atoms with Crippen LogP contribution in [0.3, 0.4) is 0 Å². The molecule has 4 nitrogen and oxygen atoms in total. The summed E-state index contributed by atoms with van der Waals surface area (Å²) >= 11 is 0. The number of esters is 1. The van der Waals surface area contributed by atoms with Crippen LogP contribution >= 0.6 is 0 Å². The number of hydrogen-bond acceptors (Lipinski definition) is 4. The van der Waals surface area contributed by atoms with Gasteiger partial charge in [0.15, 0.2) is 5.60 Å². The lowest BCUT2D eigenvalue weighted by Crippen LogP contribution is -2.52. The average molecular weight is 173 g/mol. The van der Waals surface area contributed by atoms with Gasteiger partial charge in [-0.2, -0.15) is 0 Å². The normalized spacial score (nSPS) is 31.6. The molecule has 1 N–H and O–H groups in total. The summed E-state index contributed by atoms with van der Waals surface area (Å²) in [4.78, 5) is 13.1. The van der Waals surface area contributed by atoms with Crippen LogP contribution in [0.5, 0.6) is 0 Å². The summed E-state index contributed by atoms with van der Waals surface area (Å²) in [5, 5.41) is 9.79. The number of likely N-dealkylation sites (tertiary alicyclic amines) is 1. The molecule has 1 unspecified atom stereocenters. The van der Waals surface area contributed by atoms with Crippen molar-refractivity contribution in [1.82, 2.24) is 4.90 Å². The molecule has 1 saturated heterocycles. The second-order valence-corrected chi connectivity index (χ2v) is 3.36. The van der Waals surface area contributed by atoms with Crippen molar-refractivity contribution >= 4 is 5.97 Å². The molecule has 1 aliphatic rings. The molecule has 0 aliphatic carbocycles. The third-order valence-corrected chi connectivity index (χ3v) is 2.23. The van der Waals surface area contributed by atoms with Crippen LogP contribution in [0, 0.1) is 0 Å². The lowest BCUT2D eigenvalue weighted by Gasteiger charge is -2.34. The van der Waals surface area contributed by atoms with Crippen molar-refractivity contribution < 1.29 is 14.6 Å². The smallest absolute Gasteiger partial charge is 0.339 e. The third-order valence-electron chi connectivity index (χ3n) is 2.23. The molecule has 1 heterocycles. The number of methoxy groups -OCH3 is 1. The molecule has 1 rings (SSSR count). The Balaban J connectivity index is 2.63. The summed E-state index contributed by atoms with van der Waals surface area (Å²) in [6.45, 7) is 1.30. The van der Waals surface area contributed by atoms with E-state index in [0.717, 1.165) is 13.0 Å². The number of carbonyl (C=O) groups excluding carboxylic acids is 1. The van der Waals surface area contributed by atoms with Gasteiger partial charge in [0.1, 0.15) is 0 Å². The minimum Gasteiger partial charge on any atom is -0.467 e. The highest BCUT2D eigenvalue weighted by atomic mass is 16.5. The van der Waals surface area contributed by atoms with Gasteiger partial charge in [-0.05, 0) is 26.4 Å². The van der Waals surface area contributed by atoms with Gasteiger partial charge in [-0.25, -0.2) is 4.79 Å². The first-order chi connectivity index (χ1) is 5.58. The predicted octanol–water partition coefficient (Wildman–Crippen LogP) is -0.384. The Morgan fingerprint density at radius 1 is 1.67 bits per heavy atom. The molecule has 1 fully saturated rings. The summed E-state index contributed by atoms with van der Waals surface area (Å²) in [6, 6.07) is 0. The van der Waals surface area contributed by atoms with Crippen LogP contribution in [0.4, 0.5) is 0 Å². The average Bonchev–Trinajstić information content (AvgIpc) is 2.02. The number of carbonyl (C=O) groups is 1. The number of aliphatic hydroxyl groups is 1. The van der Waals surface area contributed by atoms with E-state index in [1.165, 1.54) is 7.11 Å². The summed E-state index contributed by atoms with van der Waals surface area (Å²) in [5.74, 6) is -0.519. The first-order valence-electron chi connectivity index (χ1n) is 4.08. The molecule has 0 aromatic carbocycles. The molecule has 0 amide bonds. The Bertz CT molecular complexity index is 183. The van der Waals surface area contributed by atoms with Gasteiger partial charge in [-0.15, -0.1) is 0 Å². The van der Waals surface area contributed by atoms with E-state index in [4.69, 9.17) is 0 Å². The minimum absolute atomic E-state index is 0.375.